The summed E-state index contributed by atoms with van der Waals surface area (Å²) in [6, 6.07) is 7.57. The van der Waals surface area contributed by atoms with Crippen molar-refractivity contribution in [3.05, 3.63) is 50.4 Å². The number of benzene rings is 1. The third kappa shape index (κ3) is 3.45. The Bertz CT molecular complexity index is 612. The fourth-order valence-electron chi connectivity index (χ4n) is 1.78. The van der Waals surface area contributed by atoms with Gasteiger partial charge in [-0.05, 0) is 25.5 Å². The van der Waals surface area contributed by atoms with Crippen LogP contribution in [0.1, 0.15) is 47.0 Å². The van der Waals surface area contributed by atoms with Gasteiger partial charge in [-0.2, -0.15) is 0 Å². The topological polar surface area (TPSA) is 68.0 Å². The highest BCUT2D eigenvalue weighted by Gasteiger charge is 2.16. The summed E-state index contributed by atoms with van der Waals surface area (Å²) in [6.07, 6.45) is 0. The highest BCUT2D eigenvalue weighted by atomic mass is 79.9. The van der Waals surface area contributed by atoms with Crippen molar-refractivity contribution in [1.29, 1.82) is 0 Å². The van der Waals surface area contributed by atoms with Crippen LogP contribution < -0.4 is 11.1 Å². The largest absolute Gasteiger partial charge is 0.344 e. The number of amides is 1. The molecule has 0 aliphatic carbocycles. The van der Waals surface area contributed by atoms with Crippen LogP contribution in [0.5, 0.6) is 0 Å². The first-order valence-electron chi connectivity index (χ1n) is 6.25. The lowest BCUT2D eigenvalue weighted by atomic mass is 10.1. The zero-order valence-corrected chi connectivity index (χ0v) is 13.7. The summed E-state index contributed by atoms with van der Waals surface area (Å²) in [5.41, 5.74) is 7.20. The first kappa shape index (κ1) is 15.2. The van der Waals surface area contributed by atoms with Crippen molar-refractivity contribution >= 4 is 33.2 Å². The molecule has 1 amide bonds. The van der Waals surface area contributed by atoms with Crippen molar-refractivity contribution in [2.75, 3.05) is 0 Å². The van der Waals surface area contributed by atoms with E-state index in [4.69, 9.17) is 5.73 Å². The number of rotatable bonds is 4. The second kappa shape index (κ2) is 6.47. The lowest BCUT2D eigenvalue weighted by Crippen LogP contribution is -2.27. The van der Waals surface area contributed by atoms with Crippen LogP contribution in [0.2, 0.25) is 0 Å². The first-order chi connectivity index (χ1) is 9.49. The van der Waals surface area contributed by atoms with Gasteiger partial charge < -0.3 is 11.1 Å². The Kier molecular flexibility index (Phi) is 4.91. The van der Waals surface area contributed by atoms with Gasteiger partial charge >= 0.3 is 0 Å². The predicted molar refractivity (Wildman–Crippen MR) is 84.7 cm³/mol. The van der Waals surface area contributed by atoms with E-state index in [1.807, 2.05) is 38.1 Å². The quantitative estimate of drug-likeness (QED) is 0.884. The molecule has 0 aliphatic heterocycles. The lowest BCUT2D eigenvalue weighted by Gasteiger charge is -2.15. The van der Waals surface area contributed by atoms with Crippen molar-refractivity contribution in [1.82, 2.24) is 10.3 Å². The summed E-state index contributed by atoms with van der Waals surface area (Å²) in [6.45, 7) is 3.79. The molecule has 106 valence electrons. The van der Waals surface area contributed by atoms with Crippen LogP contribution >= 0.6 is 27.3 Å². The molecule has 1 heterocycles. The number of hydrogen-bond donors (Lipinski definition) is 2. The fourth-order valence-corrected chi connectivity index (χ4v) is 3.16. The molecule has 0 radical (unpaired) electrons. The lowest BCUT2D eigenvalue weighted by molar-refractivity contribution is 0.0935. The van der Waals surface area contributed by atoms with Crippen LogP contribution in [-0.2, 0) is 0 Å². The van der Waals surface area contributed by atoms with Crippen LogP contribution in [0.3, 0.4) is 0 Å². The molecule has 4 nitrogen and oxygen atoms in total. The van der Waals surface area contributed by atoms with E-state index in [0.717, 1.165) is 15.0 Å². The van der Waals surface area contributed by atoms with Crippen LogP contribution in [-0.4, -0.2) is 10.9 Å². The molecule has 3 N–H and O–H groups in total. The van der Waals surface area contributed by atoms with Crippen molar-refractivity contribution in [3.8, 4) is 0 Å². The Balaban J connectivity index is 2.09. The maximum Gasteiger partial charge on any atom is 0.271 e. The maximum absolute atomic E-state index is 12.2. The minimum Gasteiger partial charge on any atom is -0.344 e. The average molecular weight is 354 g/mol. The number of thiazole rings is 1. The molecule has 6 heteroatoms. The van der Waals surface area contributed by atoms with E-state index in [1.165, 1.54) is 11.3 Å². The van der Waals surface area contributed by atoms with Gasteiger partial charge in [-0.3, -0.25) is 4.79 Å². The summed E-state index contributed by atoms with van der Waals surface area (Å²) < 4.78 is 0.974. The number of carbonyl (C=O) groups is 1. The highest BCUT2D eigenvalue weighted by Crippen LogP contribution is 2.23. The van der Waals surface area contributed by atoms with Gasteiger partial charge in [0.15, 0.2) is 0 Å². The molecule has 0 aliphatic rings. The SMILES string of the molecule is CC(N)c1nc(C(=O)N[C@@H](C)c2ccccc2Br)cs1. The van der Waals surface area contributed by atoms with Crippen molar-refractivity contribution in [2.24, 2.45) is 5.73 Å². The summed E-state index contributed by atoms with van der Waals surface area (Å²) in [5.74, 6) is -0.184. The third-order valence-corrected chi connectivity index (χ3v) is 4.63. The molecule has 0 saturated heterocycles. The first-order valence-corrected chi connectivity index (χ1v) is 7.92. The molecule has 2 rings (SSSR count). The summed E-state index contributed by atoms with van der Waals surface area (Å²) in [7, 11) is 0. The zero-order chi connectivity index (χ0) is 14.7. The Hall–Kier alpha value is -1.24. The monoisotopic (exact) mass is 353 g/mol. The van der Waals surface area contributed by atoms with E-state index in [-0.39, 0.29) is 18.0 Å². The normalized spacial score (nSPS) is 13.8. The highest BCUT2D eigenvalue weighted by molar-refractivity contribution is 9.10. The van der Waals surface area contributed by atoms with E-state index >= 15 is 0 Å². The minimum atomic E-state index is -0.184. The second-order valence-corrected chi connectivity index (χ2v) is 6.32. The summed E-state index contributed by atoms with van der Waals surface area (Å²) in [5, 5.41) is 5.44. The Morgan fingerprint density at radius 1 is 1.40 bits per heavy atom. The van der Waals surface area contributed by atoms with Gasteiger partial charge in [-0.15, -0.1) is 11.3 Å². The van der Waals surface area contributed by atoms with Gasteiger partial charge in [0.05, 0.1) is 12.1 Å². The van der Waals surface area contributed by atoms with Crippen LogP contribution in [0.4, 0.5) is 0 Å². The summed E-state index contributed by atoms with van der Waals surface area (Å²) >= 11 is 4.89. The van der Waals surface area contributed by atoms with Crippen LogP contribution in [0.15, 0.2) is 34.1 Å². The third-order valence-electron chi connectivity index (χ3n) is 2.86. The fraction of sp³-hybridized carbons (Fsp3) is 0.286. The molecule has 0 saturated carbocycles. The number of nitrogens with one attached hydrogen (secondary N) is 1. The molecule has 1 aromatic carbocycles. The number of carbonyl (C=O) groups excluding carboxylic acids is 1. The zero-order valence-electron chi connectivity index (χ0n) is 11.3. The molecule has 2 aromatic rings. The molecule has 0 spiro atoms. The van der Waals surface area contributed by atoms with Crippen LogP contribution in [0, 0.1) is 0 Å². The average Bonchev–Trinajstić information content (AvgIpc) is 2.88. The predicted octanol–water partition coefficient (Wildman–Crippen LogP) is 3.42. The van der Waals surface area contributed by atoms with Crippen molar-refractivity contribution in [3.63, 3.8) is 0 Å². The van der Waals surface area contributed by atoms with Crippen molar-refractivity contribution in [2.45, 2.75) is 25.9 Å². The molecule has 2 atom stereocenters. The van der Waals surface area contributed by atoms with Gasteiger partial charge in [0.2, 0.25) is 0 Å². The maximum atomic E-state index is 12.2. The van der Waals surface area contributed by atoms with E-state index in [9.17, 15) is 4.79 Å². The van der Waals surface area contributed by atoms with E-state index in [1.54, 1.807) is 5.38 Å². The molecule has 1 unspecified atom stereocenters. The Morgan fingerprint density at radius 3 is 2.70 bits per heavy atom. The van der Waals surface area contributed by atoms with Gasteiger partial charge in [0, 0.05) is 9.85 Å². The van der Waals surface area contributed by atoms with Crippen molar-refractivity contribution < 1.29 is 4.79 Å². The van der Waals surface area contributed by atoms with E-state index in [0.29, 0.717) is 5.69 Å². The second-order valence-electron chi connectivity index (χ2n) is 4.58. The molecule has 0 fully saturated rings. The molecule has 1 aromatic heterocycles. The van der Waals surface area contributed by atoms with E-state index < -0.39 is 0 Å². The number of halogens is 1. The Morgan fingerprint density at radius 2 is 2.10 bits per heavy atom. The van der Waals surface area contributed by atoms with Gasteiger partial charge in [0.25, 0.3) is 5.91 Å². The standard InChI is InChI=1S/C14H16BrN3OS/c1-8(16)14-18-12(7-20-14)13(19)17-9(2)10-5-3-4-6-11(10)15/h3-9H,16H2,1-2H3,(H,17,19)/t8?,9-/m0/s1. The van der Waals surface area contributed by atoms with Gasteiger partial charge in [-0.1, -0.05) is 34.1 Å². The van der Waals surface area contributed by atoms with Gasteiger partial charge in [0.1, 0.15) is 10.7 Å². The van der Waals surface area contributed by atoms with Crippen LogP contribution in [0.25, 0.3) is 0 Å². The molecule has 0 bridgehead atoms. The number of hydrogen-bond acceptors (Lipinski definition) is 4. The minimum absolute atomic E-state index is 0.0986. The van der Waals surface area contributed by atoms with Gasteiger partial charge in [-0.25, -0.2) is 4.98 Å². The number of nitrogens with two attached hydrogens (primary N) is 1. The Labute approximate surface area is 130 Å². The smallest absolute Gasteiger partial charge is 0.271 e. The molecular weight excluding hydrogens is 338 g/mol. The molecule has 20 heavy (non-hydrogen) atoms. The summed E-state index contributed by atoms with van der Waals surface area (Å²) in [4.78, 5) is 16.4. The number of nitrogens with zero attached hydrogens (tertiary/aromatic N) is 1. The number of aromatic nitrogens is 1. The van der Waals surface area contributed by atoms with E-state index in [2.05, 4.69) is 26.2 Å². The molecular formula is C14H16BrN3OS.